The van der Waals surface area contributed by atoms with Crippen LogP contribution in [-0.4, -0.2) is 24.4 Å². The van der Waals surface area contributed by atoms with E-state index in [1.165, 1.54) is 18.4 Å². The zero-order valence-corrected chi connectivity index (χ0v) is 12.0. The number of rotatable bonds is 9. The van der Waals surface area contributed by atoms with Gasteiger partial charge in [-0.15, -0.1) is 0 Å². The molecule has 1 aliphatic carbocycles. The van der Waals surface area contributed by atoms with Gasteiger partial charge in [0.15, 0.2) is 0 Å². The Morgan fingerprint density at radius 1 is 1.26 bits per heavy atom. The summed E-state index contributed by atoms with van der Waals surface area (Å²) >= 11 is 6.21. The fraction of sp³-hybridized carbons (Fsp3) is 0.600. The van der Waals surface area contributed by atoms with E-state index in [1.807, 2.05) is 12.1 Å². The monoisotopic (exact) mass is 283 g/mol. The first-order valence-corrected chi connectivity index (χ1v) is 7.43. The molecule has 0 radical (unpaired) electrons. The minimum Gasteiger partial charge on any atom is -0.492 e. The largest absolute Gasteiger partial charge is 0.492 e. The van der Waals surface area contributed by atoms with E-state index >= 15 is 0 Å². The maximum Gasteiger partial charge on any atom is 0.137 e. The molecule has 0 aliphatic heterocycles. The molecule has 1 aliphatic rings. The van der Waals surface area contributed by atoms with Gasteiger partial charge in [0.05, 0.1) is 11.6 Å². The van der Waals surface area contributed by atoms with Crippen LogP contribution in [0.15, 0.2) is 18.2 Å². The maximum atomic E-state index is 8.68. The van der Waals surface area contributed by atoms with E-state index < -0.39 is 0 Å². The number of halogens is 1. The van der Waals surface area contributed by atoms with Crippen molar-refractivity contribution < 1.29 is 9.84 Å². The van der Waals surface area contributed by atoms with Gasteiger partial charge in [0, 0.05) is 19.2 Å². The molecule has 4 heteroatoms. The van der Waals surface area contributed by atoms with E-state index in [0.717, 1.165) is 31.6 Å². The van der Waals surface area contributed by atoms with Crippen LogP contribution in [0.25, 0.3) is 0 Å². The predicted molar refractivity (Wildman–Crippen MR) is 77.7 cm³/mol. The number of ether oxygens (including phenoxy) is 1. The lowest BCUT2D eigenvalue weighted by atomic mass is 10.2. The Labute approximate surface area is 119 Å². The van der Waals surface area contributed by atoms with Crippen molar-refractivity contribution in [2.24, 2.45) is 0 Å². The van der Waals surface area contributed by atoms with Gasteiger partial charge in [0.2, 0.25) is 0 Å². The van der Waals surface area contributed by atoms with Gasteiger partial charge in [-0.3, -0.25) is 0 Å². The van der Waals surface area contributed by atoms with Crippen molar-refractivity contribution in [1.82, 2.24) is 5.32 Å². The molecule has 0 aromatic heterocycles. The zero-order chi connectivity index (χ0) is 13.5. The summed E-state index contributed by atoms with van der Waals surface area (Å²) in [7, 11) is 0. The van der Waals surface area contributed by atoms with Crippen molar-refractivity contribution in [2.45, 2.75) is 44.7 Å². The number of benzene rings is 1. The lowest BCUT2D eigenvalue weighted by Crippen LogP contribution is -2.15. The number of aliphatic hydroxyl groups is 1. The van der Waals surface area contributed by atoms with Crippen LogP contribution in [0.2, 0.25) is 5.02 Å². The Kier molecular flexibility index (Phi) is 5.95. The Hall–Kier alpha value is -0.770. The van der Waals surface area contributed by atoms with Gasteiger partial charge in [-0.05, 0) is 49.8 Å². The molecule has 1 aromatic rings. The molecule has 0 saturated heterocycles. The number of hydrogen-bond acceptors (Lipinski definition) is 3. The molecule has 106 valence electrons. The van der Waals surface area contributed by atoms with E-state index in [9.17, 15) is 0 Å². The third-order valence-electron chi connectivity index (χ3n) is 3.23. The summed E-state index contributed by atoms with van der Waals surface area (Å²) in [5, 5.41) is 12.8. The summed E-state index contributed by atoms with van der Waals surface area (Å²) in [6, 6.07) is 6.68. The summed E-state index contributed by atoms with van der Waals surface area (Å²) < 4.78 is 5.64. The van der Waals surface area contributed by atoms with Crippen LogP contribution in [0.1, 0.15) is 37.7 Å². The highest BCUT2D eigenvalue weighted by Crippen LogP contribution is 2.26. The number of aliphatic hydroxyl groups excluding tert-OH is 1. The summed E-state index contributed by atoms with van der Waals surface area (Å²) in [5.41, 5.74) is 1.20. The second kappa shape index (κ2) is 7.73. The molecule has 1 saturated carbocycles. The van der Waals surface area contributed by atoms with Gasteiger partial charge in [-0.25, -0.2) is 0 Å². The van der Waals surface area contributed by atoms with Crippen LogP contribution in [0.4, 0.5) is 0 Å². The fourth-order valence-corrected chi connectivity index (χ4v) is 2.15. The van der Waals surface area contributed by atoms with Crippen LogP contribution >= 0.6 is 11.6 Å². The Balaban J connectivity index is 1.73. The predicted octanol–water partition coefficient (Wildman–Crippen LogP) is 3.13. The number of nitrogens with one attached hydrogen (secondary N) is 1. The van der Waals surface area contributed by atoms with Gasteiger partial charge >= 0.3 is 0 Å². The average molecular weight is 284 g/mol. The summed E-state index contributed by atoms with van der Waals surface area (Å²) in [6.07, 6.45) is 5.35. The third kappa shape index (κ3) is 5.39. The van der Waals surface area contributed by atoms with E-state index in [1.54, 1.807) is 0 Å². The second-order valence-electron chi connectivity index (χ2n) is 5.05. The van der Waals surface area contributed by atoms with Crippen LogP contribution in [0.5, 0.6) is 5.75 Å². The van der Waals surface area contributed by atoms with Crippen LogP contribution < -0.4 is 10.1 Å². The van der Waals surface area contributed by atoms with Gasteiger partial charge in [-0.2, -0.15) is 0 Å². The normalized spacial score (nSPS) is 14.6. The van der Waals surface area contributed by atoms with E-state index in [-0.39, 0.29) is 6.61 Å². The molecule has 0 bridgehead atoms. The average Bonchev–Trinajstić information content (AvgIpc) is 3.22. The quantitative estimate of drug-likeness (QED) is 0.684. The molecule has 19 heavy (non-hydrogen) atoms. The SMILES string of the molecule is OCCCCCOc1ccc(CNC2CC2)cc1Cl. The summed E-state index contributed by atoms with van der Waals surface area (Å²) in [6.45, 7) is 1.78. The molecule has 2 rings (SSSR count). The highest BCUT2D eigenvalue weighted by molar-refractivity contribution is 6.32. The molecule has 0 amide bonds. The van der Waals surface area contributed by atoms with Crippen molar-refractivity contribution in [3.05, 3.63) is 28.8 Å². The Morgan fingerprint density at radius 2 is 2.11 bits per heavy atom. The third-order valence-corrected chi connectivity index (χ3v) is 3.52. The van der Waals surface area contributed by atoms with Gasteiger partial charge < -0.3 is 15.2 Å². The van der Waals surface area contributed by atoms with Crippen molar-refractivity contribution in [1.29, 1.82) is 0 Å². The van der Waals surface area contributed by atoms with Crippen molar-refractivity contribution >= 4 is 11.6 Å². The maximum absolute atomic E-state index is 8.68. The minimum absolute atomic E-state index is 0.253. The van der Waals surface area contributed by atoms with E-state index in [0.29, 0.717) is 17.7 Å². The minimum atomic E-state index is 0.253. The zero-order valence-electron chi connectivity index (χ0n) is 11.2. The molecule has 0 spiro atoms. The Morgan fingerprint density at radius 3 is 2.79 bits per heavy atom. The highest BCUT2D eigenvalue weighted by atomic mass is 35.5. The molecule has 2 N–H and O–H groups in total. The Bertz CT molecular complexity index is 394. The number of unbranched alkanes of at least 4 members (excludes halogenated alkanes) is 2. The lowest BCUT2D eigenvalue weighted by molar-refractivity contribution is 0.266. The van der Waals surface area contributed by atoms with Gasteiger partial charge in [0.25, 0.3) is 0 Å². The topological polar surface area (TPSA) is 41.5 Å². The summed E-state index contributed by atoms with van der Waals surface area (Å²) in [4.78, 5) is 0. The van der Waals surface area contributed by atoms with E-state index in [4.69, 9.17) is 21.4 Å². The van der Waals surface area contributed by atoms with Crippen LogP contribution in [0, 0.1) is 0 Å². The molecular formula is C15H22ClNO2. The molecule has 0 heterocycles. The first-order valence-electron chi connectivity index (χ1n) is 7.05. The lowest BCUT2D eigenvalue weighted by Gasteiger charge is -2.10. The van der Waals surface area contributed by atoms with Crippen LogP contribution in [0.3, 0.4) is 0 Å². The number of hydrogen-bond donors (Lipinski definition) is 2. The van der Waals surface area contributed by atoms with Gasteiger partial charge in [-0.1, -0.05) is 17.7 Å². The first-order chi connectivity index (χ1) is 9.29. The fourth-order valence-electron chi connectivity index (χ4n) is 1.89. The second-order valence-corrected chi connectivity index (χ2v) is 5.46. The first kappa shape index (κ1) is 14.6. The molecule has 1 aromatic carbocycles. The van der Waals surface area contributed by atoms with Crippen molar-refractivity contribution in [3.63, 3.8) is 0 Å². The van der Waals surface area contributed by atoms with Gasteiger partial charge in [0.1, 0.15) is 5.75 Å². The molecule has 0 unspecified atom stereocenters. The van der Waals surface area contributed by atoms with Crippen LogP contribution in [-0.2, 0) is 6.54 Å². The van der Waals surface area contributed by atoms with E-state index in [2.05, 4.69) is 11.4 Å². The molecule has 0 atom stereocenters. The van der Waals surface area contributed by atoms with Crippen molar-refractivity contribution in [3.8, 4) is 5.75 Å². The standard InChI is InChI=1S/C15H22ClNO2/c16-14-10-12(11-17-13-5-6-13)4-7-15(14)19-9-3-1-2-8-18/h4,7,10,13,17-18H,1-3,5-6,8-9,11H2. The summed E-state index contributed by atoms with van der Waals surface area (Å²) in [5.74, 6) is 0.751. The molecule has 1 fully saturated rings. The highest BCUT2D eigenvalue weighted by Gasteiger charge is 2.19. The smallest absolute Gasteiger partial charge is 0.137 e. The molecule has 3 nitrogen and oxygen atoms in total. The molecular weight excluding hydrogens is 262 g/mol. The van der Waals surface area contributed by atoms with Crippen molar-refractivity contribution in [2.75, 3.05) is 13.2 Å².